The number of hydrogen-bond donors (Lipinski definition) is 1. The van der Waals surface area contributed by atoms with E-state index < -0.39 is 0 Å². The molecule has 31 heavy (non-hydrogen) atoms. The fourth-order valence-electron chi connectivity index (χ4n) is 4.30. The molecule has 0 aliphatic heterocycles. The van der Waals surface area contributed by atoms with Gasteiger partial charge in [-0.15, -0.1) is 0 Å². The molecule has 0 aliphatic rings. The van der Waals surface area contributed by atoms with Crippen LogP contribution in [0, 0.1) is 13.8 Å². The molecule has 3 aromatic heterocycles. The second kappa shape index (κ2) is 7.78. The predicted molar refractivity (Wildman–Crippen MR) is 127 cm³/mol. The highest BCUT2D eigenvalue weighted by Crippen LogP contribution is 2.35. The first-order valence-electron chi connectivity index (χ1n) is 10.9. The normalized spacial score (nSPS) is 11.9. The van der Waals surface area contributed by atoms with Crippen LogP contribution in [0.4, 0.5) is 0 Å². The molecule has 2 aromatic carbocycles. The van der Waals surface area contributed by atoms with Crippen molar-refractivity contribution in [2.24, 2.45) is 0 Å². The lowest BCUT2D eigenvalue weighted by Crippen LogP contribution is -2.26. The first kappa shape index (κ1) is 19.7. The Kier molecular flexibility index (Phi) is 4.95. The number of fused-ring (bicyclic) bond motifs is 3. The molecule has 3 heterocycles. The number of aryl methyl sites for hydroxylation is 2. The van der Waals surface area contributed by atoms with E-state index in [0.29, 0.717) is 6.04 Å². The predicted octanol–water partition coefficient (Wildman–Crippen LogP) is 6.93. The maximum absolute atomic E-state index is 5.89. The third-order valence-corrected chi connectivity index (χ3v) is 5.80. The van der Waals surface area contributed by atoms with Crippen LogP contribution < -0.4 is 5.32 Å². The van der Waals surface area contributed by atoms with Crippen molar-refractivity contribution in [3.05, 3.63) is 72.2 Å². The van der Waals surface area contributed by atoms with Crippen molar-refractivity contribution < 1.29 is 8.83 Å². The van der Waals surface area contributed by atoms with Crippen molar-refractivity contribution in [3.63, 3.8) is 0 Å². The first-order chi connectivity index (χ1) is 15.0. The van der Waals surface area contributed by atoms with Gasteiger partial charge in [0.2, 0.25) is 0 Å². The van der Waals surface area contributed by atoms with Crippen LogP contribution in [0.5, 0.6) is 0 Å². The SMILES string of the molecule is Cc1ccc(-c2ccc3c(c2)c2cc(-c4ccc(C)o4)ccc2n3CCNC(C)C)o1. The molecule has 0 amide bonds. The molecule has 0 aliphatic carbocycles. The number of benzene rings is 2. The van der Waals surface area contributed by atoms with Crippen LogP contribution in [-0.2, 0) is 6.54 Å². The van der Waals surface area contributed by atoms with Crippen LogP contribution in [-0.4, -0.2) is 17.2 Å². The van der Waals surface area contributed by atoms with Crippen LogP contribution in [0.1, 0.15) is 25.4 Å². The minimum atomic E-state index is 0.468. The largest absolute Gasteiger partial charge is 0.461 e. The monoisotopic (exact) mass is 412 g/mol. The summed E-state index contributed by atoms with van der Waals surface area (Å²) in [4.78, 5) is 0. The van der Waals surface area contributed by atoms with E-state index >= 15 is 0 Å². The highest BCUT2D eigenvalue weighted by molar-refractivity contribution is 6.10. The van der Waals surface area contributed by atoms with E-state index in [1.165, 1.54) is 21.8 Å². The van der Waals surface area contributed by atoms with Crippen LogP contribution in [0.15, 0.2) is 69.5 Å². The van der Waals surface area contributed by atoms with Crippen molar-refractivity contribution in [2.75, 3.05) is 6.54 Å². The van der Waals surface area contributed by atoms with Gasteiger partial charge >= 0.3 is 0 Å². The van der Waals surface area contributed by atoms with E-state index in [-0.39, 0.29) is 0 Å². The summed E-state index contributed by atoms with van der Waals surface area (Å²) in [7, 11) is 0. The van der Waals surface area contributed by atoms with Crippen LogP contribution >= 0.6 is 0 Å². The maximum Gasteiger partial charge on any atom is 0.134 e. The quantitative estimate of drug-likeness (QED) is 0.329. The zero-order chi connectivity index (χ0) is 21.5. The van der Waals surface area contributed by atoms with Gasteiger partial charge in [-0.05, 0) is 74.5 Å². The Morgan fingerprint density at radius 3 is 1.68 bits per heavy atom. The maximum atomic E-state index is 5.89. The third-order valence-electron chi connectivity index (χ3n) is 5.80. The van der Waals surface area contributed by atoms with Gasteiger partial charge in [0.15, 0.2) is 0 Å². The summed E-state index contributed by atoms with van der Waals surface area (Å²) in [6.45, 7) is 10.2. The van der Waals surface area contributed by atoms with Gasteiger partial charge in [-0.2, -0.15) is 0 Å². The Bertz CT molecular complexity index is 1270. The van der Waals surface area contributed by atoms with Crippen LogP contribution in [0.2, 0.25) is 0 Å². The molecule has 0 fully saturated rings. The molecule has 0 radical (unpaired) electrons. The average Bonchev–Trinajstić information content (AvgIpc) is 3.45. The van der Waals surface area contributed by atoms with E-state index in [4.69, 9.17) is 8.83 Å². The van der Waals surface area contributed by atoms with Crippen LogP contribution in [0.25, 0.3) is 44.5 Å². The van der Waals surface area contributed by atoms with Gasteiger partial charge in [0.25, 0.3) is 0 Å². The number of nitrogens with one attached hydrogen (secondary N) is 1. The molecule has 0 bridgehead atoms. The number of rotatable bonds is 6. The van der Waals surface area contributed by atoms with Gasteiger partial charge in [0.05, 0.1) is 0 Å². The van der Waals surface area contributed by atoms with Gasteiger partial charge in [0.1, 0.15) is 23.0 Å². The minimum absolute atomic E-state index is 0.468. The standard InChI is InChI=1S/C27H28N2O2/c1-17(2)28-13-14-29-24-9-7-20(26-11-5-18(3)30-26)15-22(24)23-16-21(8-10-25(23)29)27-12-6-19(4)31-27/h5-12,15-17,28H,13-14H2,1-4H3. The molecule has 5 aromatic rings. The van der Waals surface area contributed by atoms with E-state index in [2.05, 4.69) is 60.1 Å². The summed E-state index contributed by atoms with van der Waals surface area (Å²) >= 11 is 0. The van der Waals surface area contributed by atoms with Gasteiger partial charge < -0.3 is 18.7 Å². The third kappa shape index (κ3) is 3.68. The molecule has 0 spiro atoms. The Morgan fingerprint density at radius 1 is 0.742 bits per heavy atom. The Balaban J connectivity index is 1.68. The first-order valence-corrected chi connectivity index (χ1v) is 10.9. The lowest BCUT2D eigenvalue weighted by atomic mass is 10.1. The summed E-state index contributed by atoms with van der Waals surface area (Å²) in [6.07, 6.45) is 0. The molecule has 4 nitrogen and oxygen atoms in total. The van der Waals surface area contributed by atoms with Crippen LogP contribution in [0.3, 0.4) is 0 Å². The van der Waals surface area contributed by atoms with Gasteiger partial charge in [-0.1, -0.05) is 13.8 Å². The van der Waals surface area contributed by atoms with Crippen molar-refractivity contribution in [3.8, 4) is 22.6 Å². The molecule has 0 saturated carbocycles. The lowest BCUT2D eigenvalue weighted by Gasteiger charge is -2.11. The van der Waals surface area contributed by atoms with E-state index in [0.717, 1.165) is 47.3 Å². The fourth-order valence-corrected chi connectivity index (χ4v) is 4.30. The number of furan rings is 2. The van der Waals surface area contributed by atoms with E-state index in [1.807, 2.05) is 38.1 Å². The lowest BCUT2D eigenvalue weighted by molar-refractivity contribution is 0.548. The number of hydrogen-bond acceptors (Lipinski definition) is 3. The Hall–Kier alpha value is -3.24. The van der Waals surface area contributed by atoms with Gasteiger partial charge in [0, 0.05) is 52.1 Å². The summed E-state index contributed by atoms with van der Waals surface area (Å²) in [6, 6.07) is 21.8. The molecular weight excluding hydrogens is 384 g/mol. The highest BCUT2D eigenvalue weighted by atomic mass is 16.3. The second-order valence-corrected chi connectivity index (χ2v) is 8.54. The topological polar surface area (TPSA) is 43.2 Å². The molecule has 0 atom stereocenters. The summed E-state index contributed by atoms with van der Waals surface area (Å²) < 4.78 is 14.2. The summed E-state index contributed by atoms with van der Waals surface area (Å²) in [5.74, 6) is 3.65. The van der Waals surface area contributed by atoms with Gasteiger partial charge in [-0.3, -0.25) is 0 Å². The zero-order valence-corrected chi connectivity index (χ0v) is 18.5. The summed E-state index contributed by atoms with van der Waals surface area (Å²) in [5.41, 5.74) is 4.67. The number of aromatic nitrogens is 1. The molecular formula is C27H28N2O2. The molecule has 5 rings (SSSR count). The van der Waals surface area contributed by atoms with Crippen molar-refractivity contribution in [1.82, 2.24) is 9.88 Å². The van der Waals surface area contributed by atoms with E-state index in [1.54, 1.807) is 0 Å². The molecule has 0 unspecified atom stereocenters. The Morgan fingerprint density at radius 2 is 1.26 bits per heavy atom. The van der Waals surface area contributed by atoms with Crippen molar-refractivity contribution in [1.29, 1.82) is 0 Å². The highest BCUT2D eigenvalue weighted by Gasteiger charge is 2.15. The van der Waals surface area contributed by atoms with Crippen molar-refractivity contribution in [2.45, 2.75) is 40.3 Å². The minimum Gasteiger partial charge on any atom is -0.461 e. The second-order valence-electron chi connectivity index (χ2n) is 8.54. The zero-order valence-electron chi connectivity index (χ0n) is 18.5. The molecule has 4 heteroatoms. The number of nitrogens with zero attached hydrogens (tertiary/aromatic N) is 1. The van der Waals surface area contributed by atoms with Crippen molar-refractivity contribution >= 4 is 21.8 Å². The average molecular weight is 413 g/mol. The molecule has 0 saturated heterocycles. The molecule has 158 valence electrons. The Labute approximate surface area is 182 Å². The smallest absolute Gasteiger partial charge is 0.134 e. The fraction of sp³-hybridized carbons (Fsp3) is 0.259. The summed E-state index contributed by atoms with van der Waals surface area (Å²) in [5, 5.41) is 6.01. The molecule has 1 N–H and O–H groups in total. The van der Waals surface area contributed by atoms with E-state index in [9.17, 15) is 0 Å². The van der Waals surface area contributed by atoms with Gasteiger partial charge in [-0.25, -0.2) is 0 Å².